The van der Waals surface area contributed by atoms with Crippen LogP contribution in [0.25, 0.3) is 22.3 Å². The Labute approximate surface area is 189 Å². The summed E-state index contributed by atoms with van der Waals surface area (Å²) in [6.07, 6.45) is 0.873. The van der Waals surface area contributed by atoms with E-state index in [0.717, 1.165) is 47.6 Å². The topological polar surface area (TPSA) is 49.3 Å². The maximum atomic E-state index is 13.0. The van der Waals surface area contributed by atoms with Crippen molar-refractivity contribution in [3.63, 3.8) is 0 Å². The van der Waals surface area contributed by atoms with E-state index in [0.29, 0.717) is 23.7 Å². The Morgan fingerprint density at radius 1 is 0.968 bits per heavy atom. The lowest BCUT2D eigenvalue weighted by molar-refractivity contribution is 0.0767. The van der Waals surface area contributed by atoms with E-state index in [1.54, 1.807) is 23.5 Å². The second kappa shape index (κ2) is 8.65. The smallest absolute Gasteiger partial charge is 0.253 e. The molecule has 1 aliphatic rings. The molecule has 5 nitrogen and oxygen atoms in total. The molecule has 1 fully saturated rings. The summed E-state index contributed by atoms with van der Waals surface area (Å²) < 4.78 is 0. The number of rotatable bonds is 3. The van der Waals surface area contributed by atoms with Gasteiger partial charge < -0.3 is 9.80 Å². The molecule has 0 bridgehead atoms. The van der Waals surface area contributed by atoms with Crippen molar-refractivity contribution in [1.29, 1.82) is 0 Å². The maximum absolute atomic E-state index is 13.0. The minimum absolute atomic E-state index is 0.0239. The predicted octanol–water partition coefficient (Wildman–Crippen LogP) is 5.36. The van der Waals surface area contributed by atoms with E-state index < -0.39 is 0 Å². The van der Waals surface area contributed by atoms with Gasteiger partial charge in [-0.15, -0.1) is 0 Å². The number of fused-ring (bicyclic) bond motifs is 1. The Hall–Kier alpha value is -2.96. The number of aromatic nitrogens is 2. The monoisotopic (exact) mass is 448 g/mol. The fraction of sp³-hybridized carbons (Fsp3) is 0.208. The zero-order chi connectivity index (χ0) is 21.2. The number of thiophene rings is 1. The molecule has 4 aromatic rings. The van der Waals surface area contributed by atoms with E-state index in [-0.39, 0.29) is 5.91 Å². The first kappa shape index (κ1) is 20.0. The van der Waals surface area contributed by atoms with Crippen LogP contribution in [0.5, 0.6) is 0 Å². The summed E-state index contributed by atoms with van der Waals surface area (Å²) >= 11 is 7.72. The molecule has 2 aromatic heterocycles. The van der Waals surface area contributed by atoms with Crippen molar-refractivity contribution in [1.82, 2.24) is 14.9 Å². The average Bonchev–Trinajstić information content (AvgIpc) is 3.23. The molecule has 1 aliphatic heterocycles. The maximum Gasteiger partial charge on any atom is 0.253 e. The van der Waals surface area contributed by atoms with E-state index >= 15 is 0 Å². The summed E-state index contributed by atoms with van der Waals surface area (Å²) in [5.74, 6) is 1.70. The largest absolute Gasteiger partial charge is 0.354 e. The van der Waals surface area contributed by atoms with E-state index in [1.165, 1.54) is 0 Å². The molecule has 3 heterocycles. The van der Waals surface area contributed by atoms with Gasteiger partial charge in [0.1, 0.15) is 5.82 Å². The third-order valence-corrected chi connectivity index (χ3v) is 6.44. The number of nitrogens with zero attached hydrogens (tertiary/aromatic N) is 4. The fourth-order valence-electron chi connectivity index (χ4n) is 3.96. The highest BCUT2D eigenvalue weighted by Gasteiger charge is 2.23. The van der Waals surface area contributed by atoms with Crippen molar-refractivity contribution in [3.05, 3.63) is 75.9 Å². The first-order valence-corrected chi connectivity index (χ1v) is 11.6. The Kier molecular flexibility index (Phi) is 5.57. The number of hydrogen-bond acceptors (Lipinski definition) is 5. The number of para-hydroxylation sites is 1. The number of hydrogen-bond donors (Lipinski definition) is 0. The molecule has 0 aliphatic carbocycles. The molecule has 1 amide bonds. The van der Waals surface area contributed by atoms with Gasteiger partial charge in [0, 0.05) is 53.1 Å². The lowest BCUT2D eigenvalue weighted by atomic mass is 10.2. The van der Waals surface area contributed by atoms with Crippen molar-refractivity contribution in [2.75, 3.05) is 31.1 Å². The Bertz CT molecular complexity index is 1230. The van der Waals surface area contributed by atoms with Gasteiger partial charge in [0.15, 0.2) is 5.82 Å². The molecule has 1 saturated heterocycles. The molecule has 156 valence electrons. The summed E-state index contributed by atoms with van der Waals surface area (Å²) in [5.41, 5.74) is 2.60. The highest BCUT2D eigenvalue weighted by molar-refractivity contribution is 7.08. The lowest BCUT2D eigenvalue weighted by Crippen LogP contribution is -2.35. The number of carbonyl (C=O) groups is 1. The van der Waals surface area contributed by atoms with Gasteiger partial charge in [-0.05, 0) is 48.2 Å². The number of halogens is 1. The molecule has 0 atom stereocenters. The molecule has 0 unspecified atom stereocenters. The second-order valence-electron chi connectivity index (χ2n) is 7.54. The number of benzene rings is 2. The van der Waals surface area contributed by atoms with E-state index in [4.69, 9.17) is 21.6 Å². The molecule has 0 radical (unpaired) electrons. The molecule has 5 rings (SSSR count). The van der Waals surface area contributed by atoms with Crippen molar-refractivity contribution >= 4 is 45.6 Å². The highest BCUT2D eigenvalue weighted by Crippen LogP contribution is 2.29. The van der Waals surface area contributed by atoms with Crippen LogP contribution in [-0.2, 0) is 0 Å². The fourth-order valence-corrected chi connectivity index (χ4v) is 4.78. The first-order valence-electron chi connectivity index (χ1n) is 10.3. The van der Waals surface area contributed by atoms with Gasteiger partial charge in [-0.1, -0.05) is 29.8 Å². The third kappa shape index (κ3) is 4.13. The molecule has 7 heteroatoms. The summed E-state index contributed by atoms with van der Waals surface area (Å²) in [6, 6.07) is 17.3. The standard InChI is InChI=1S/C24H21ClN4OS/c25-19-6-3-5-17(15-19)24(30)29-11-4-10-28(12-13-29)23-20-7-1-2-8-21(20)26-22(27-23)18-9-14-31-16-18/h1-3,5-9,14-16H,4,10-13H2. The minimum atomic E-state index is 0.0239. The van der Waals surface area contributed by atoms with Gasteiger partial charge in [-0.2, -0.15) is 11.3 Å². The quantitative estimate of drug-likeness (QED) is 0.423. The van der Waals surface area contributed by atoms with Crippen LogP contribution < -0.4 is 4.90 Å². The molecule has 31 heavy (non-hydrogen) atoms. The van der Waals surface area contributed by atoms with Crippen LogP contribution in [0.3, 0.4) is 0 Å². The van der Waals surface area contributed by atoms with Crippen LogP contribution in [0.1, 0.15) is 16.8 Å². The Morgan fingerprint density at radius 2 is 1.87 bits per heavy atom. The van der Waals surface area contributed by atoms with Gasteiger partial charge in [-0.25, -0.2) is 9.97 Å². The van der Waals surface area contributed by atoms with E-state index in [2.05, 4.69) is 16.3 Å². The van der Waals surface area contributed by atoms with Gasteiger partial charge in [0.2, 0.25) is 0 Å². The highest BCUT2D eigenvalue weighted by atomic mass is 35.5. The van der Waals surface area contributed by atoms with Crippen molar-refractivity contribution in [3.8, 4) is 11.4 Å². The third-order valence-electron chi connectivity index (χ3n) is 5.52. The van der Waals surface area contributed by atoms with Crippen molar-refractivity contribution < 1.29 is 4.79 Å². The van der Waals surface area contributed by atoms with Gasteiger partial charge in [0.25, 0.3) is 5.91 Å². The van der Waals surface area contributed by atoms with Crippen LogP contribution in [-0.4, -0.2) is 47.0 Å². The molecule has 0 spiro atoms. The van der Waals surface area contributed by atoms with E-state index in [1.807, 2.05) is 46.7 Å². The lowest BCUT2D eigenvalue weighted by Gasteiger charge is -2.24. The van der Waals surface area contributed by atoms with Gasteiger partial charge >= 0.3 is 0 Å². The van der Waals surface area contributed by atoms with Crippen LogP contribution >= 0.6 is 22.9 Å². The molecule has 2 aromatic carbocycles. The predicted molar refractivity (Wildman–Crippen MR) is 127 cm³/mol. The van der Waals surface area contributed by atoms with Crippen LogP contribution in [0.15, 0.2) is 65.4 Å². The second-order valence-corrected chi connectivity index (χ2v) is 8.76. The molecule has 0 saturated carbocycles. The number of carbonyl (C=O) groups excluding carboxylic acids is 1. The van der Waals surface area contributed by atoms with Crippen molar-refractivity contribution in [2.24, 2.45) is 0 Å². The molecule has 0 N–H and O–H groups in total. The van der Waals surface area contributed by atoms with Crippen molar-refractivity contribution in [2.45, 2.75) is 6.42 Å². The zero-order valence-electron chi connectivity index (χ0n) is 16.9. The van der Waals surface area contributed by atoms with Crippen LogP contribution in [0, 0.1) is 0 Å². The zero-order valence-corrected chi connectivity index (χ0v) is 18.4. The summed E-state index contributed by atoms with van der Waals surface area (Å²) in [4.78, 5) is 26.9. The molecular formula is C24H21ClN4OS. The Balaban J connectivity index is 1.44. The average molecular weight is 449 g/mol. The summed E-state index contributed by atoms with van der Waals surface area (Å²) in [6.45, 7) is 2.90. The number of amides is 1. The first-order chi connectivity index (χ1) is 15.2. The Morgan fingerprint density at radius 3 is 2.71 bits per heavy atom. The summed E-state index contributed by atoms with van der Waals surface area (Å²) in [7, 11) is 0. The SMILES string of the molecule is O=C(c1cccc(Cl)c1)N1CCCN(c2nc(-c3ccsc3)nc3ccccc23)CC1. The molecular weight excluding hydrogens is 428 g/mol. The van der Waals surface area contributed by atoms with Gasteiger partial charge in [-0.3, -0.25) is 4.79 Å². The minimum Gasteiger partial charge on any atom is -0.354 e. The van der Waals surface area contributed by atoms with Crippen LogP contribution in [0.4, 0.5) is 5.82 Å². The number of anilines is 1. The van der Waals surface area contributed by atoms with E-state index in [9.17, 15) is 4.79 Å². The van der Waals surface area contributed by atoms with Crippen LogP contribution in [0.2, 0.25) is 5.02 Å². The van der Waals surface area contributed by atoms with Gasteiger partial charge in [0.05, 0.1) is 5.52 Å². The summed E-state index contributed by atoms with van der Waals surface area (Å²) in [5, 5.41) is 5.73. The normalized spacial score (nSPS) is 14.6.